The number of carbonyl (C=O) groups is 6. The summed E-state index contributed by atoms with van der Waals surface area (Å²) >= 11 is 0. The fraction of sp³-hybridized carbons (Fsp3) is 0.937. The van der Waals surface area contributed by atoms with E-state index in [1.807, 2.05) is 0 Å². The molecule has 0 saturated heterocycles. The maximum Gasteiger partial charge on any atom is 0.306 e. The first-order valence-corrected chi connectivity index (χ1v) is 48.0. The van der Waals surface area contributed by atoms with E-state index in [1.165, 1.54) is 193 Å². The van der Waals surface area contributed by atoms with Gasteiger partial charge in [0.05, 0.1) is 13.2 Å². The molecule has 0 aliphatic rings. The maximum absolute atomic E-state index is 13.2. The molecule has 644 valence electrons. The predicted molar refractivity (Wildman–Crippen MR) is 462 cm³/mol. The lowest BCUT2D eigenvalue weighted by Crippen LogP contribution is -2.36. The van der Waals surface area contributed by atoms with Gasteiger partial charge in [-0.2, -0.15) is 0 Å². The number of hydrogen-bond acceptors (Lipinski definition) is 12. The number of carbonyl (C=O) groups excluding carboxylic acids is 6. The molecule has 0 radical (unpaired) electrons. The Hall–Kier alpha value is -3.26. The van der Waals surface area contributed by atoms with Gasteiger partial charge in [-0.3, -0.25) is 28.8 Å². The van der Waals surface area contributed by atoms with E-state index in [0.717, 1.165) is 232 Å². The van der Waals surface area contributed by atoms with Crippen LogP contribution >= 0.6 is 0 Å². The van der Waals surface area contributed by atoms with Crippen LogP contribution < -0.4 is 10.6 Å². The Morgan fingerprint density at radius 3 is 0.725 bits per heavy atom. The third-order valence-electron chi connectivity index (χ3n) is 22.5. The molecule has 0 rings (SSSR count). The number of ether oxygens (including phenoxy) is 4. The van der Waals surface area contributed by atoms with Crippen LogP contribution in [-0.2, 0) is 47.7 Å². The predicted octanol–water partition coefficient (Wildman–Crippen LogP) is 26.3. The minimum atomic E-state index is -0.0632. The highest BCUT2D eigenvalue weighted by atomic mass is 16.6. The molecule has 0 aromatic rings. The normalized spacial score (nSPS) is 12.2. The van der Waals surface area contributed by atoms with Crippen LogP contribution in [0.25, 0.3) is 0 Å². The minimum absolute atomic E-state index is 0.0106. The van der Waals surface area contributed by atoms with E-state index >= 15 is 0 Å². The molecule has 14 nitrogen and oxygen atoms in total. The van der Waals surface area contributed by atoms with Gasteiger partial charge in [0.2, 0.25) is 11.8 Å². The van der Waals surface area contributed by atoms with Crippen LogP contribution in [-0.4, -0.2) is 123 Å². The van der Waals surface area contributed by atoms with Crippen molar-refractivity contribution < 1.29 is 47.7 Å². The molecule has 0 aromatic heterocycles. The van der Waals surface area contributed by atoms with Crippen LogP contribution in [0.2, 0.25) is 0 Å². The fourth-order valence-corrected chi connectivity index (χ4v) is 15.1. The van der Waals surface area contributed by atoms with Crippen molar-refractivity contribution in [3.8, 4) is 0 Å². The van der Waals surface area contributed by atoms with Gasteiger partial charge in [0.25, 0.3) is 0 Å². The van der Waals surface area contributed by atoms with E-state index in [1.54, 1.807) is 0 Å². The third kappa shape index (κ3) is 78.4. The second-order valence-corrected chi connectivity index (χ2v) is 33.7. The highest BCUT2D eigenvalue weighted by Gasteiger charge is 2.18. The van der Waals surface area contributed by atoms with Gasteiger partial charge in [0.15, 0.2) is 0 Å². The first-order chi connectivity index (χ1) is 53.3. The lowest BCUT2D eigenvalue weighted by atomic mass is 10.0. The average molecular weight is 1540 g/mol. The second-order valence-electron chi connectivity index (χ2n) is 33.7. The largest absolute Gasteiger partial charge is 0.465 e. The van der Waals surface area contributed by atoms with Crippen molar-refractivity contribution in [2.45, 2.75) is 498 Å². The summed E-state index contributed by atoms with van der Waals surface area (Å²) < 4.78 is 23.6. The molecule has 109 heavy (non-hydrogen) atoms. The Bertz CT molecular complexity index is 1830. The van der Waals surface area contributed by atoms with Crippen molar-refractivity contribution in [2.75, 3.05) is 65.6 Å². The van der Waals surface area contributed by atoms with Crippen LogP contribution in [0.4, 0.5) is 0 Å². The highest BCUT2D eigenvalue weighted by molar-refractivity contribution is 5.78. The molecule has 0 heterocycles. The summed E-state index contributed by atoms with van der Waals surface area (Å²) in [6.07, 6.45) is 72.9. The van der Waals surface area contributed by atoms with Gasteiger partial charge >= 0.3 is 23.9 Å². The van der Waals surface area contributed by atoms with Crippen molar-refractivity contribution in [3.05, 3.63) is 0 Å². The lowest BCUT2D eigenvalue weighted by Gasteiger charge is -2.23. The van der Waals surface area contributed by atoms with Gasteiger partial charge < -0.3 is 39.4 Å². The first kappa shape index (κ1) is 106. The van der Waals surface area contributed by atoms with Crippen LogP contribution in [0.3, 0.4) is 0 Å². The highest BCUT2D eigenvalue weighted by Crippen LogP contribution is 2.23. The number of rotatable bonds is 88. The van der Waals surface area contributed by atoms with E-state index in [-0.39, 0.29) is 47.9 Å². The van der Waals surface area contributed by atoms with Gasteiger partial charge in [-0.1, -0.05) is 325 Å². The fourth-order valence-electron chi connectivity index (χ4n) is 15.1. The van der Waals surface area contributed by atoms with Gasteiger partial charge in [0, 0.05) is 64.7 Å². The summed E-state index contributed by atoms with van der Waals surface area (Å²) in [4.78, 5) is 82.8. The molecule has 2 amide bonds. The quantitative estimate of drug-likeness (QED) is 0.0336. The summed E-state index contributed by atoms with van der Waals surface area (Å²) in [5, 5.41) is 6.35. The molecule has 2 N–H and O–H groups in total. The average Bonchev–Trinajstić information content (AvgIpc) is 1.02. The van der Waals surface area contributed by atoms with Gasteiger partial charge in [0.1, 0.15) is 12.2 Å². The van der Waals surface area contributed by atoms with Crippen molar-refractivity contribution in [3.63, 3.8) is 0 Å². The zero-order chi connectivity index (χ0) is 79.6. The smallest absolute Gasteiger partial charge is 0.306 e. The van der Waals surface area contributed by atoms with E-state index in [2.05, 4.69) is 75.8 Å². The number of esters is 4. The topological polar surface area (TPSA) is 170 Å². The van der Waals surface area contributed by atoms with Crippen LogP contribution in [0.1, 0.15) is 486 Å². The van der Waals surface area contributed by atoms with Crippen molar-refractivity contribution in [1.29, 1.82) is 0 Å². The summed E-state index contributed by atoms with van der Waals surface area (Å²) in [5.74, 6) is 0.653. The summed E-state index contributed by atoms with van der Waals surface area (Å²) in [6.45, 7) is 25.5. The maximum atomic E-state index is 13.2. The summed E-state index contributed by atoms with van der Waals surface area (Å²) in [5.41, 5.74) is 0. The zero-order valence-electron chi connectivity index (χ0n) is 73.7. The van der Waals surface area contributed by atoms with E-state index in [9.17, 15) is 28.8 Å². The first-order valence-electron chi connectivity index (χ1n) is 48.0. The summed E-state index contributed by atoms with van der Waals surface area (Å²) in [6, 6.07) is 0. The van der Waals surface area contributed by atoms with E-state index in [0.29, 0.717) is 83.1 Å². The van der Waals surface area contributed by atoms with Crippen LogP contribution in [0.15, 0.2) is 0 Å². The number of amides is 2. The Balaban J connectivity index is 5.37. The molecule has 2 atom stereocenters. The molecular formula is C95H184N4O10. The van der Waals surface area contributed by atoms with Crippen LogP contribution in [0, 0.1) is 11.8 Å². The molecule has 0 aliphatic carbocycles. The number of unbranched alkanes of at least 4 members (excludes halogenated alkanes) is 44. The Kier molecular flexibility index (Phi) is 81.6. The Morgan fingerprint density at radius 1 is 0.239 bits per heavy atom. The monoisotopic (exact) mass is 1540 g/mol. The van der Waals surface area contributed by atoms with Crippen LogP contribution in [0.5, 0.6) is 0 Å². The van der Waals surface area contributed by atoms with Crippen molar-refractivity contribution in [2.24, 2.45) is 11.8 Å². The lowest BCUT2D eigenvalue weighted by molar-refractivity contribution is -0.151. The number of nitrogens with one attached hydrogen (secondary N) is 2. The molecule has 0 saturated carbocycles. The molecule has 0 aromatic carbocycles. The van der Waals surface area contributed by atoms with Gasteiger partial charge in [-0.25, -0.2) is 0 Å². The molecule has 2 unspecified atom stereocenters. The van der Waals surface area contributed by atoms with E-state index in [4.69, 9.17) is 18.9 Å². The van der Waals surface area contributed by atoms with Gasteiger partial charge in [-0.05, 0) is 160 Å². The minimum Gasteiger partial charge on any atom is -0.465 e. The molecule has 14 heteroatoms. The second kappa shape index (κ2) is 84.1. The zero-order valence-corrected chi connectivity index (χ0v) is 73.7. The van der Waals surface area contributed by atoms with Crippen molar-refractivity contribution in [1.82, 2.24) is 20.4 Å². The standard InChI is InChI=1S/C95H184N4O10/c1-9-15-21-27-37-51-66-88(67-52-38-28-22-16-10-2)108-94(104)74-57-43-33-47-61-80-98(78-59-45-31-41-55-72-92(102)106-84-86(7)64-49-35-25-19-13-5)82-76-96-90(100)70-63-71-91(101)97-77-83-99(79-60-46-32-42-56-73-93(103)107-85-87(8)65-50-36-26-20-14-6)81-62-48-34-44-58-75-95(105)109-89(68-53-39-29-23-17-11-3)69-54-40-30-24-18-12-4/h86-89H,9-85H2,1-8H3,(H,96,100)(H,97,101). The Morgan fingerprint density at radius 2 is 0.459 bits per heavy atom. The van der Waals surface area contributed by atoms with Gasteiger partial charge in [-0.15, -0.1) is 0 Å². The molecule has 0 fully saturated rings. The molecular weight excluding hydrogens is 1360 g/mol. The van der Waals surface area contributed by atoms with E-state index < -0.39 is 0 Å². The molecule has 0 aliphatic heterocycles. The Labute approximate surface area is 675 Å². The third-order valence-corrected chi connectivity index (χ3v) is 22.5. The molecule has 0 spiro atoms. The van der Waals surface area contributed by atoms with Crippen molar-refractivity contribution >= 4 is 35.7 Å². The molecule has 0 bridgehead atoms. The summed E-state index contributed by atoms with van der Waals surface area (Å²) in [7, 11) is 0. The SMILES string of the molecule is CCCCCCCCC(CCCCCCCC)OC(=O)CCCCCCCN(CCCCCCCC(=O)OCC(C)CCCCCCC)CCNC(=O)CCCC(=O)NCCN(CCCCCCCC(=O)OCC(C)CCCCCCC)CCCCCCCC(=O)OC(CCCCCCCC)CCCCCCCC. The number of hydrogen-bond donors (Lipinski definition) is 2. The number of nitrogens with zero attached hydrogens (tertiary/aromatic N) is 2.